The van der Waals surface area contributed by atoms with Crippen molar-refractivity contribution in [1.29, 1.82) is 0 Å². The number of imide groups is 1. The number of hydrogen-bond acceptors (Lipinski definition) is 6. The van der Waals surface area contributed by atoms with Gasteiger partial charge in [-0.1, -0.05) is 26.0 Å². The molecule has 1 saturated heterocycles. The third-order valence-electron chi connectivity index (χ3n) is 6.61. The fourth-order valence-corrected chi connectivity index (χ4v) is 4.49. The zero-order valence-electron chi connectivity index (χ0n) is 20.6. The number of nitrogens with one attached hydrogen (secondary N) is 1. The maximum atomic E-state index is 13.1. The summed E-state index contributed by atoms with van der Waals surface area (Å²) in [6, 6.07) is 12.6. The van der Waals surface area contributed by atoms with Crippen LogP contribution in [0.15, 0.2) is 42.5 Å². The molecule has 1 N–H and O–H groups in total. The van der Waals surface area contributed by atoms with Crippen LogP contribution in [0.3, 0.4) is 0 Å². The molecule has 0 aromatic heterocycles. The predicted octanol–water partition coefficient (Wildman–Crippen LogP) is 3.14. The average molecular weight is 480 g/mol. The lowest BCUT2D eigenvalue weighted by molar-refractivity contribution is 0.0162. The quantitative estimate of drug-likeness (QED) is 0.556. The van der Waals surface area contributed by atoms with Crippen molar-refractivity contribution in [2.45, 2.75) is 26.3 Å². The number of carbonyl (C=O) groups is 3. The van der Waals surface area contributed by atoms with Gasteiger partial charge in [-0.05, 0) is 48.2 Å². The summed E-state index contributed by atoms with van der Waals surface area (Å²) in [6.45, 7) is 7.73. The van der Waals surface area contributed by atoms with Crippen molar-refractivity contribution in [2.24, 2.45) is 5.92 Å². The van der Waals surface area contributed by atoms with E-state index < -0.39 is 0 Å². The van der Waals surface area contributed by atoms with E-state index in [1.165, 1.54) is 11.0 Å². The Morgan fingerprint density at radius 2 is 1.71 bits per heavy atom. The van der Waals surface area contributed by atoms with Gasteiger partial charge in [-0.3, -0.25) is 24.2 Å². The van der Waals surface area contributed by atoms with E-state index in [4.69, 9.17) is 9.47 Å². The normalized spacial score (nSPS) is 17.0. The Kier molecular flexibility index (Phi) is 7.83. The minimum Gasteiger partial charge on any atom is -0.497 e. The molecule has 8 heteroatoms. The van der Waals surface area contributed by atoms with Gasteiger partial charge in [-0.2, -0.15) is 0 Å². The molecule has 35 heavy (non-hydrogen) atoms. The SMILES string of the molecule is COc1ccc([C@H](CNC(=O)c2ccc3c(c2)C(=O)N(CCC(C)C)C3=O)N2CCOCC2)cc1. The number of benzene rings is 2. The zero-order chi connectivity index (χ0) is 24.9. The van der Waals surface area contributed by atoms with E-state index in [2.05, 4.69) is 24.1 Å². The van der Waals surface area contributed by atoms with Crippen LogP contribution in [0.2, 0.25) is 0 Å². The van der Waals surface area contributed by atoms with Crippen molar-refractivity contribution >= 4 is 17.7 Å². The molecule has 2 aliphatic heterocycles. The molecule has 2 aromatic rings. The number of rotatable bonds is 9. The van der Waals surface area contributed by atoms with Crippen LogP contribution in [0.1, 0.15) is 62.9 Å². The molecule has 8 nitrogen and oxygen atoms in total. The summed E-state index contributed by atoms with van der Waals surface area (Å²) in [5.41, 5.74) is 2.10. The molecule has 2 aliphatic rings. The van der Waals surface area contributed by atoms with Crippen molar-refractivity contribution in [1.82, 2.24) is 15.1 Å². The highest BCUT2D eigenvalue weighted by Crippen LogP contribution is 2.26. The van der Waals surface area contributed by atoms with E-state index in [-0.39, 0.29) is 23.8 Å². The molecule has 1 atom stereocenters. The van der Waals surface area contributed by atoms with Crippen LogP contribution in [0.25, 0.3) is 0 Å². The summed E-state index contributed by atoms with van der Waals surface area (Å²) in [6.07, 6.45) is 0.743. The Labute approximate surface area is 206 Å². The van der Waals surface area contributed by atoms with Crippen LogP contribution in [0, 0.1) is 5.92 Å². The molecule has 3 amide bonds. The van der Waals surface area contributed by atoms with Crippen LogP contribution in [-0.2, 0) is 4.74 Å². The third kappa shape index (κ3) is 5.55. The van der Waals surface area contributed by atoms with Crippen LogP contribution in [0.5, 0.6) is 5.75 Å². The molecule has 186 valence electrons. The lowest BCUT2D eigenvalue weighted by Gasteiger charge is -2.35. The Hall–Kier alpha value is -3.23. The summed E-state index contributed by atoms with van der Waals surface area (Å²) in [7, 11) is 1.63. The molecule has 1 fully saturated rings. The molecule has 0 unspecified atom stereocenters. The summed E-state index contributed by atoms with van der Waals surface area (Å²) in [4.78, 5) is 42.2. The molecule has 2 aromatic carbocycles. The highest BCUT2D eigenvalue weighted by Gasteiger charge is 2.35. The number of ether oxygens (including phenoxy) is 2. The predicted molar refractivity (Wildman–Crippen MR) is 132 cm³/mol. The number of methoxy groups -OCH3 is 1. The van der Waals surface area contributed by atoms with Gasteiger partial charge in [0.1, 0.15) is 5.75 Å². The molecular formula is C27H33N3O5. The topological polar surface area (TPSA) is 88.2 Å². The van der Waals surface area contributed by atoms with Gasteiger partial charge >= 0.3 is 0 Å². The molecular weight excluding hydrogens is 446 g/mol. The summed E-state index contributed by atoms with van der Waals surface area (Å²) >= 11 is 0. The molecule has 0 spiro atoms. The number of fused-ring (bicyclic) bond motifs is 1. The first-order valence-corrected chi connectivity index (χ1v) is 12.1. The zero-order valence-corrected chi connectivity index (χ0v) is 20.6. The third-order valence-corrected chi connectivity index (χ3v) is 6.61. The molecule has 0 saturated carbocycles. The van der Waals surface area contributed by atoms with E-state index in [0.29, 0.717) is 48.9 Å². The van der Waals surface area contributed by atoms with E-state index >= 15 is 0 Å². The highest BCUT2D eigenvalue weighted by molar-refractivity contribution is 6.22. The Morgan fingerprint density at radius 3 is 2.37 bits per heavy atom. The van der Waals surface area contributed by atoms with Gasteiger partial charge in [0.05, 0.1) is 37.5 Å². The number of nitrogens with zero attached hydrogens (tertiary/aromatic N) is 2. The Morgan fingerprint density at radius 1 is 1.03 bits per heavy atom. The highest BCUT2D eigenvalue weighted by atomic mass is 16.5. The van der Waals surface area contributed by atoms with Crippen molar-refractivity contribution in [3.63, 3.8) is 0 Å². The molecule has 0 radical (unpaired) electrons. The van der Waals surface area contributed by atoms with Crippen molar-refractivity contribution < 1.29 is 23.9 Å². The average Bonchev–Trinajstić information content (AvgIpc) is 3.12. The summed E-state index contributed by atoms with van der Waals surface area (Å²) in [5.74, 6) is 0.263. The Balaban J connectivity index is 1.47. The molecule has 4 rings (SSSR count). The fraction of sp³-hybridized carbons (Fsp3) is 0.444. The second-order valence-corrected chi connectivity index (χ2v) is 9.35. The standard InChI is InChI=1S/C27H33N3O5/c1-18(2)10-11-30-26(32)22-9-6-20(16-23(22)27(30)33)25(31)28-17-24(29-12-14-35-15-13-29)19-4-7-21(34-3)8-5-19/h4-9,16,18,24H,10-15,17H2,1-3H3,(H,28,31)/t24-/m0/s1. The van der Waals surface area contributed by atoms with Crippen molar-refractivity contribution in [3.05, 3.63) is 64.7 Å². The number of carbonyl (C=O) groups excluding carboxylic acids is 3. The first-order chi connectivity index (χ1) is 16.9. The van der Waals surface area contributed by atoms with Crippen LogP contribution < -0.4 is 10.1 Å². The monoisotopic (exact) mass is 479 g/mol. The Bertz CT molecular complexity index is 1080. The number of amides is 3. The number of morpholine rings is 1. The lowest BCUT2D eigenvalue weighted by atomic mass is 10.0. The van der Waals surface area contributed by atoms with Gasteiger partial charge in [0, 0.05) is 31.7 Å². The first-order valence-electron chi connectivity index (χ1n) is 12.1. The van der Waals surface area contributed by atoms with Crippen molar-refractivity contribution in [2.75, 3.05) is 46.5 Å². The van der Waals surface area contributed by atoms with Gasteiger partial charge < -0.3 is 14.8 Å². The van der Waals surface area contributed by atoms with E-state index in [0.717, 1.165) is 30.8 Å². The lowest BCUT2D eigenvalue weighted by Crippen LogP contribution is -2.43. The van der Waals surface area contributed by atoms with Gasteiger partial charge in [-0.15, -0.1) is 0 Å². The van der Waals surface area contributed by atoms with E-state index in [9.17, 15) is 14.4 Å². The van der Waals surface area contributed by atoms with Gasteiger partial charge in [0.15, 0.2) is 0 Å². The number of hydrogen-bond donors (Lipinski definition) is 1. The van der Waals surface area contributed by atoms with Crippen LogP contribution >= 0.6 is 0 Å². The molecule has 0 aliphatic carbocycles. The smallest absolute Gasteiger partial charge is 0.261 e. The summed E-state index contributed by atoms with van der Waals surface area (Å²) in [5, 5.41) is 3.03. The van der Waals surface area contributed by atoms with E-state index in [1.54, 1.807) is 19.2 Å². The largest absolute Gasteiger partial charge is 0.497 e. The summed E-state index contributed by atoms with van der Waals surface area (Å²) < 4.78 is 10.8. The maximum Gasteiger partial charge on any atom is 0.261 e. The maximum absolute atomic E-state index is 13.1. The second kappa shape index (κ2) is 11.0. The van der Waals surface area contributed by atoms with Gasteiger partial charge in [-0.25, -0.2) is 0 Å². The minimum absolute atomic E-state index is 0.0297. The fourth-order valence-electron chi connectivity index (χ4n) is 4.49. The second-order valence-electron chi connectivity index (χ2n) is 9.35. The van der Waals surface area contributed by atoms with Crippen LogP contribution in [0.4, 0.5) is 0 Å². The minimum atomic E-state index is -0.329. The van der Waals surface area contributed by atoms with E-state index in [1.807, 2.05) is 24.3 Å². The van der Waals surface area contributed by atoms with Gasteiger partial charge in [0.25, 0.3) is 17.7 Å². The van der Waals surface area contributed by atoms with Gasteiger partial charge in [0.2, 0.25) is 0 Å². The molecule has 0 bridgehead atoms. The molecule has 2 heterocycles. The first kappa shape index (κ1) is 24.9. The van der Waals surface area contributed by atoms with Crippen molar-refractivity contribution in [3.8, 4) is 5.75 Å². The van der Waals surface area contributed by atoms with Crippen LogP contribution in [-0.4, -0.2) is 74.0 Å².